The second-order valence-corrected chi connectivity index (χ2v) is 12.1. The topological polar surface area (TPSA) is 136 Å². The van der Waals surface area contributed by atoms with Crippen LogP contribution in [0.4, 0.5) is 5.69 Å². The Bertz CT molecular complexity index is 1240. The SMILES string of the molecule is CCCCc1ccc(NS(=O)(=O)c2cccc(C(=O)OCC(=O)NC3CCS(=O)(=O)C3)c2)cc1. The maximum Gasteiger partial charge on any atom is 0.338 e. The van der Waals surface area contributed by atoms with E-state index in [-0.39, 0.29) is 22.0 Å². The number of sulfone groups is 1. The summed E-state index contributed by atoms with van der Waals surface area (Å²) in [6.07, 6.45) is 3.36. The first-order chi connectivity index (χ1) is 16.1. The van der Waals surface area contributed by atoms with E-state index in [9.17, 15) is 26.4 Å². The average Bonchev–Trinajstić information content (AvgIpc) is 3.14. The summed E-state index contributed by atoms with van der Waals surface area (Å²) >= 11 is 0. The Morgan fingerprint density at radius 2 is 1.85 bits per heavy atom. The molecule has 9 nitrogen and oxygen atoms in total. The predicted molar refractivity (Wildman–Crippen MR) is 128 cm³/mol. The largest absolute Gasteiger partial charge is 0.452 e. The number of amides is 1. The van der Waals surface area contributed by atoms with Crippen LogP contribution in [0.15, 0.2) is 53.4 Å². The lowest BCUT2D eigenvalue weighted by Gasteiger charge is -2.12. The molecule has 0 radical (unpaired) electrons. The number of unbranched alkanes of at least 4 members (excludes halogenated alkanes) is 1. The van der Waals surface area contributed by atoms with Gasteiger partial charge in [0.05, 0.1) is 22.0 Å². The average molecular weight is 509 g/mol. The molecule has 2 aromatic rings. The van der Waals surface area contributed by atoms with Gasteiger partial charge in [-0.05, 0) is 55.2 Å². The van der Waals surface area contributed by atoms with E-state index in [0.29, 0.717) is 12.1 Å². The number of esters is 1. The van der Waals surface area contributed by atoms with Crippen LogP contribution in [0, 0.1) is 0 Å². The van der Waals surface area contributed by atoms with Gasteiger partial charge < -0.3 is 10.1 Å². The summed E-state index contributed by atoms with van der Waals surface area (Å²) in [5.41, 5.74) is 1.49. The van der Waals surface area contributed by atoms with Gasteiger partial charge in [-0.15, -0.1) is 0 Å². The summed E-state index contributed by atoms with van der Waals surface area (Å²) in [5, 5.41) is 2.52. The van der Waals surface area contributed by atoms with E-state index in [1.54, 1.807) is 12.1 Å². The first-order valence-corrected chi connectivity index (χ1v) is 14.3. The molecule has 0 saturated carbocycles. The Kier molecular flexibility index (Phi) is 8.32. The van der Waals surface area contributed by atoms with E-state index >= 15 is 0 Å². The zero-order valence-corrected chi connectivity index (χ0v) is 20.5. The molecule has 1 aliphatic rings. The number of rotatable bonds is 10. The van der Waals surface area contributed by atoms with Gasteiger partial charge in [0.15, 0.2) is 16.4 Å². The number of nitrogens with one attached hydrogen (secondary N) is 2. The van der Waals surface area contributed by atoms with Crippen LogP contribution >= 0.6 is 0 Å². The molecule has 1 unspecified atom stereocenters. The maximum absolute atomic E-state index is 12.8. The second-order valence-electron chi connectivity index (χ2n) is 8.18. The van der Waals surface area contributed by atoms with Crippen molar-refractivity contribution in [2.75, 3.05) is 22.8 Å². The van der Waals surface area contributed by atoms with Crippen molar-refractivity contribution in [2.45, 2.75) is 43.5 Å². The quantitative estimate of drug-likeness (QED) is 0.470. The van der Waals surface area contributed by atoms with Crippen LogP contribution in [0.2, 0.25) is 0 Å². The normalized spacial score (nSPS) is 17.1. The summed E-state index contributed by atoms with van der Waals surface area (Å²) in [7, 11) is -7.10. The molecule has 1 heterocycles. The monoisotopic (exact) mass is 508 g/mol. The van der Waals surface area contributed by atoms with Gasteiger partial charge >= 0.3 is 5.97 Å². The minimum Gasteiger partial charge on any atom is -0.452 e. The lowest BCUT2D eigenvalue weighted by atomic mass is 10.1. The van der Waals surface area contributed by atoms with Gasteiger partial charge in [-0.2, -0.15) is 0 Å². The van der Waals surface area contributed by atoms with Gasteiger partial charge in [-0.3, -0.25) is 9.52 Å². The molecule has 2 aromatic carbocycles. The number of hydrogen-bond acceptors (Lipinski definition) is 7. The Morgan fingerprint density at radius 3 is 2.50 bits per heavy atom. The van der Waals surface area contributed by atoms with Crippen molar-refractivity contribution in [3.63, 3.8) is 0 Å². The number of aryl methyl sites for hydroxylation is 1. The standard InChI is InChI=1S/C23H28N2O7S2/c1-2-3-5-17-8-10-19(11-9-17)25-34(30,31)21-7-4-6-18(14-21)23(27)32-15-22(26)24-20-12-13-33(28,29)16-20/h4,6-11,14,20,25H,2-3,5,12-13,15-16H2,1H3,(H,24,26). The molecule has 1 aliphatic heterocycles. The minimum atomic E-state index is -3.95. The van der Waals surface area contributed by atoms with Crippen LogP contribution in [0.25, 0.3) is 0 Å². The Hall–Kier alpha value is -2.92. The van der Waals surface area contributed by atoms with Gasteiger partial charge in [0.2, 0.25) is 0 Å². The minimum absolute atomic E-state index is 0.00996. The molecule has 34 heavy (non-hydrogen) atoms. The molecule has 0 bridgehead atoms. The molecule has 3 rings (SSSR count). The van der Waals surface area contributed by atoms with Crippen molar-refractivity contribution in [2.24, 2.45) is 0 Å². The highest BCUT2D eigenvalue weighted by Crippen LogP contribution is 2.19. The van der Waals surface area contributed by atoms with Crippen molar-refractivity contribution in [1.29, 1.82) is 0 Å². The highest BCUT2D eigenvalue weighted by molar-refractivity contribution is 7.92. The van der Waals surface area contributed by atoms with Gasteiger partial charge in [-0.25, -0.2) is 21.6 Å². The van der Waals surface area contributed by atoms with Crippen molar-refractivity contribution in [1.82, 2.24) is 5.32 Å². The predicted octanol–water partition coefficient (Wildman–Crippen LogP) is 2.29. The zero-order chi connectivity index (χ0) is 24.8. The third-order valence-electron chi connectivity index (χ3n) is 5.34. The Morgan fingerprint density at radius 1 is 1.12 bits per heavy atom. The van der Waals surface area contributed by atoms with E-state index in [0.717, 1.165) is 24.8 Å². The number of hydrogen-bond donors (Lipinski definition) is 2. The smallest absolute Gasteiger partial charge is 0.338 e. The zero-order valence-electron chi connectivity index (χ0n) is 18.8. The summed E-state index contributed by atoms with van der Waals surface area (Å²) in [4.78, 5) is 24.2. The number of carbonyl (C=O) groups is 2. The first kappa shape index (κ1) is 25.7. The van der Waals surface area contributed by atoms with Crippen LogP contribution in [0.5, 0.6) is 0 Å². The second kappa shape index (κ2) is 11.0. The Labute approximate surface area is 199 Å². The molecule has 0 aromatic heterocycles. The lowest BCUT2D eigenvalue weighted by Crippen LogP contribution is -2.38. The van der Waals surface area contributed by atoms with Gasteiger partial charge in [-0.1, -0.05) is 31.5 Å². The van der Waals surface area contributed by atoms with E-state index in [1.807, 2.05) is 12.1 Å². The molecule has 2 N–H and O–H groups in total. The highest BCUT2D eigenvalue weighted by atomic mass is 32.2. The Balaban J connectivity index is 1.58. The first-order valence-electron chi connectivity index (χ1n) is 11.0. The summed E-state index contributed by atoms with van der Waals surface area (Å²) in [6.45, 7) is 1.50. The summed E-state index contributed by atoms with van der Waals surface area (Å²) in [6, 6.07) is 11.9. The molecule has 0 spiro atoms. The maximum atomic E-state index is 12.8. The van der Waals surface area contributed by atoms with Gasteiger partial charge in [0, 0.05) is 11.7 Å². The van der Waals surface area contributed by atoms with Crippen molar-refractivity contribution in [3.8, 4) is 0 Å². The lowest BCUT2D eigenvalue weighted by molar-refractivity contribution is -0.124. The van der Waals surface area contributed by atoms with Crippen molar-refractivity contribution in [3.05, 3.63) is 59.7 Å². The highest BCUT2D eigenvalue weighted by Gasteiger charge is 2.29. The number of ether oxygens (including phenoxy) is 1. The third kappa shape index (κ3) is 7.29. The van der Waals surface area contributed by atoms with E-state index in [2.05, 4.69) is 17.0 Å². The van der Waals surface area contributed by atoms with Crippen LogP contribution in [0.1, 0.15) is 42.1 Å². The van der Waals surface area contributed by atoms with E-state index < -0.39 is 44.4 Å². The third-order valence-corrected chi connectivity index (χ3v) is 8.48. The number of anilines is 1. The fraction of sp³-hybridized carbons (Fsp3) is 0.391. The molecule has 184 valence electrons. The van der Waals surface area contributed by atoms with E-state index in [4.69, 9.17) is 4.74 Å². The van der Waals surface area contributed by atoms with Crippen LogP contribution < -0.4 is 10.0 Å². The van der Waals surface area contributed by atoms with Crippen LogP contribution in [0.3, 0.4) is 0 Å². The summed E-state index contributed by atoms with van der Waals surface area (Å²) in [5.74, 6) is -1.62. The number of carbonyl (C=O) groups excluding carboxylic acids is 2. The van der Waals surface area contributed by atoms with Gasteiger partial charge in [0.1, 0.15) is 0 Å². The molecular formula is C23H28N2O7S2. The molecule has 11 heteroatoms. The fourth-order valence-electron chi connectivity index (χ4n) is 3.52. The van der Waals surface area contributed by atoms with Crippen molar-refractivity contribution >= 4 is 37.4 Å². The fourth-order valence-corrected chi connectivity index (χ4v) is 6.29. The molecule has 1 amide bonds. The van der Waals surface area contributed by atoms with Crippen molar-refractivity contribution < 1.29 is 31.2 Å². The molecule has 1 saturated heterocycles. The molecular weight excluding hydrogens is 480 g/mol. The summed E-state index contributed by atoms with van der Waals surface area (Å²) < 4.78 is 55.9. The molecule has 1 fully saturated rings. The number of benzene rings is 2. The molecule has 1 atom stereocenters. The number of sulfonamides is 1. The van der Waals surface area contributed by atoms with E-state index in [1.165, 1.54) is 24.3 Å². The van der Waals surface area contributed by atoms with Gasteiger partial charge in [0.25, 0.3) is 15.9 Å². The van der Waals surface area contributed by atoms with Crippen LogP contribution in [-0.2, 0) is 35.8 Å². The van der Waals surface area contributed by atoms with Crippen LogP contribution in [-0.4, -0.2) is 52.9 Å². The molecule has 0 aliphatic carbocycles.